The summed E-state index contributed by atoms with van der Waals surface area (Å²) in [6, 6.07) is 19.8. The van der Waals surface area contributed by atoms with Crippen LogP contribution in [0.25, 0.3) is 0 Å². The summed E-state index contributed by atoms with van der Waals surface area (Å²) in [5.41, 5.74) is 1.11. The largest absolute Gasteiger partial charge is 0.455 e. The molecule has 2 aromatic carbocycles. The Morgan fingerprint density at radius 2 is 1.39 bits per heavy atom. The molecule has 1 aliphatic heterocycles. The number of allylic oxidation sites excluding steroid dienone is 1. The molecule has 1 fully saturated rings. The Morgan fingerprint density at radius 1 is 0.854 bits per heavy atom. The van der Waals surface area contributed by atoms with Gasteiger partial charge in [-0.15, -0.1) is 0 Å². The molecule has 5 nitrogen and oxygen atoms in total. The second-order valence-corrected chi connectivity index (χ2v) is 11.5. The molecule has 6 heteroatoms. The number of rotatable bonds is 18. The van der Waals surface area contributed by atoms with E-state index >= 15 is 0 Å². The van der Waals surface area contributed by atoms with Gasteiger partial charge in [-0.1, -0.05) is 118 Å². The van der Waals surface area contributed by atoms with Crippen molar-refractivity contribution in [1.29, 1.82) is 0 Å². The van der Waals surface area contributed by atoms with Gasteiger partial charge in [0.25, 0.3) is 5.17 Å². The third-order valence-corrected chi connectivity index (χ3v) is 8.00. The lowest BCUT2D eigenvalue weighted by Crippen LogP contribution is -2.38. The van der Waals surface area contributed by atoms with Crippen molar-refractivity contribution in [3.8, 4) is 0 Å². The van der Waals surface area contributed by atoms with Gasteiger partial charge < -0.3 is 14.2 Å². The van der Waals surface area contributed by atoms with Crippen molar-refractivity contribution in [2.24, 2.45) is 0 Å². The van der Waals surface area contributed by atoms with E-state index in [2.05, 4.69) is 18.3 Å². The minimum absolute atomic E-state index is 0.0764. The van der Waals surface area contributed by atoms with E-state index in [1.165, 1.54) is 44.9 Å². The van der Waals surface area contributed by atoms with Gasteiger partial charge in [-0.3, -0.25) is 10.1 Å². The Labute approximate surface area is 253 Å². The van der Waals surface area contributed by atoms with Crippen LogP contribution in [-0.4, -0.2) is 30.1 Å². The van der Waals surface area contributed by atoms with Gasteiger partial charge in [-0.05, 0) is 56.0 Å². The molecular formula is C35H49NO4S. The molecule has 0 radical (unpaired) electrons. The Morgan fingerprint density at radius 3 is 1.95 bits per heavy atom. The van der Waals surface area contributed by atoms with Crippen molar-refractivity contribution in [2.45, 2.75) is 109 Å². The first-order valence-corrected chi connectivity index (χ1v) is 15.9. The van der Waals surface area contributed by atoms with Crippen LogP contribution < -0.4 is 5.32 Å². The number of ether oxygens (including phenoxy) is 3. The molecule has 41 heavy (non-hydrogen) atoms. The fourth-order valence-electron chi connectivity index (χ4n) is 5.40. The number of unbranched alkanes of at least 4 members (excludes halogenated alkanes) is 8. The molecule has 0 unspecified atom stereocenters. The van der Waals surface area contributed by atoms with E-state index < -0.39 is 5.60 Å². The number of nitrogens with one attached hydrogen (secondary N) is 1. The summed E-state index contributed by atoms with van der Waals surface area (Å²) >= 11 is 5.43. The molecule has 1 N–H and O–H groups in total. The average molecular weight is 580 g/mol. The second-order valence-electron chi connectivity index (χ2n) is 11.1. The zero-order chi connectivity index (χ0) is 29.2. The normalized spacial score (nSPS) is 14.8. The van der Waals surface area contributed by atoms with E-state index in [-0.39, 0.29) is 23.3 Å². The summed E-state index contributed by atoms with van der Waals surface area (Å²) in [4.78, 5) is 12.5. The quantitative estimate of drug-likeness (QED) is 0.109. The van der Waals surface area contributed by atoms with Gasteiger partial charge in [0.05, 0.1) is 13.2 Å². The lowest BCUT2D eigenvalue weighted by molar-refractivity contribution is -0.168. The third-order valence-electron chi connectivity index (χ3n) is 7.81. The fraction of sp³-hybridized carbons (Fsp3) is 0.543. The van der Waals surface area contributed by atoms with E-state index in [1.54, 1.807) is 0 Å². The number of benzene rings is 2. The standard InChI is InChI=1S/C35H49NO4S/c1-3-4-5-10-19-26-35(38-28-29-39-35)27-20-11-8-6-7-9-18-25-32(37)36-33(41)40-34(2,30-21-14-12-15-22-30)31-23-16-13-17-24-31/h9,12-18,21-24H,3-8,10-11,19-20,25-29H2,1-2H3,(H,36,37,41)/b18-9+. The SMILES string of the molecule is CCCCCCCC1(CCCCCC/C=C/CC(=O)NC(=S)OC(C)(c2ccccc2)c2ccccc2)OCCO1. The number of thiocarbonyl (C=S) groups is 1. The predicted octanol–water partition coefficient (Wildman–Crippen LogP) is 8.76. The van der Waals surface area contributed by atoms with Gasteiger partial charge in [0.2, 0.25) is 5.91 Å². The van der Waals surface area contributed by atoms with Crippen LogP contribution in [0.5, 0.6) is 0 Å². The van der Waals surface area contributed by atoms with Gasteiger partial charge in [-0.2, -0.15) is 0 Å². The molecule has 0 atom stereocenters. The highest BCUT2D eigenvalue weighted by Crippen LogP contribution is 2.34. The molecule has 1 amide bonds. The summed E-state index contributed by atoms with van der Waals surface area (Å²) in [6.07, 6.45) is 18.2. The fourth-order valence-corrected chi connectivity index (χ4v) is 5.68. The summed E-state index contributed by atoms with van der Waals surface area (Å²) in [6.45, 7) is 5.67. The van der Waals surface area contributed by atoms with Crippen molar-refractivity contribution in [3.05, 3.63) is 83.9 Å². The summed E-state index contributed by atoms with van der Waals surface area (Å²) in [5, 5.41) is 2.82. The maximum Gasteiger partial charge on any atom is 0.264 e. The van der Waals surface area contributed by atoms with Crippen molar-refractivity contribution in [1.82, 2.24) is 5.32 Å². The van der Waals surface area contributed by atoms with Crippen LogP contribution >= 0.6 is 12.2 Å². The molecule has 0 spiro atoms. The van der Waals surface area contributed by atoms with Crippen molar-refractivity contribution < 1.29 is 19.0 Å². The topological polar surface area (TPSA) is 56.8 Å². The second kappa shape index (κ2) is 18.1. The molecule has 2 aromatic rings. The first-order chi connectivity index (χ1) is 20.0. The van der Waals surface area contributed by atoms with Crippen LogP contribution in [0.3, 0.4) is 0 Å². The van der Waals surface area contributed by atoms with Crippen LogP contribution in [-0.2, 0) is 24.6 Å². The smallest absolute Gasteiger partial charge is 0.264 e. The average Bonchev–Trinajstić information content (AvgIpc) is 3.45. The number of carbonyl (C=O) groups is 1. The Balaban J connectivity index is 1.32. The number of hydrogen-bond donors (Lipinski definition) is 1. The minimum Gasteiger partial charge on any atom is -0.455 e. The van der Waals surface area contributed by atoms with Crippen LogP contribution in [0.2, 0.25) is 0 Å². The maximum absolute atomic E-state index is 12.5. The van der Waals surface area contributed by atoms with Gasteiger partial charge in [0.15, 0.2) is 11.4 Å². The molecule has 0 aromatic heterocycles. The van der Waals surface area contributed by atoms with Crippen molar-refractivity contribution >= 4 is 23.3 Å². The zero-order valence-electron chi connectivity index (χ0n) is 25.1. The molecule has 1 saturated heterocycles. The lowest BCUT2D eigenvalue weighted by Gasteiger charge is -2.31. The Bertz CT molecular complexity index is 1010. The van der Waals surface area contributed by atoms with Gasteiger partial charge in [0.1, 0.15) is 0 Å². The predicted molar refractivity (Wildman–Crippen MR) is 171 cm³/mol. The highest BCUT2D eigenvalue weighted by molar-refractivity contribution is 7.80. The Kier molecular flexibility index (Phi) is 14.5. The number of hydrogen-bond acceptors (Lipinski definition) is 5. The summed E-state index contributed by atoms with van der Waals surface area (Å²) in [5.74, 6) is -0.505. The molecule has 0 bridgehead atoms. The monoisotopic (exact) mass is 579 g/mol. The molecule has 224 valence electrons. The van der Waals surface area contributed by atoms with E-state index in [0.717, 1.165) is 56.4 Å². The highest BCUT2D eigenvalue weighted by atomic mass is 32.1. The molecule has 1 heterocycles. The van der Waals surface area contributed by atoms with E-state index in [4.69, 9.17) is 26.4 Å². The molecular weight excluding hydrogens is 530 g/mol. The van der Waals surface area contributed by atoms with E-state index in [0.29, 0.717) is 0 Å². The first-order valence-electron chi connectivity index (χ1n) is 15.5. The highest BCUT2D eigenvalue weighted by Gasteiger charge is 2.35. The molecule has 1 aliphatic rings. The first kappa shape index (κ1) is 33.0. The van der Waals surface area contributed by atoms with Crippen LogP contribution in [0.4, 0.5) is 0 Å². The van der Waals surface area contributed by atoms with E-state index in [1.807, 2.05) is 73.7 Å². The van der Waals surface area contributed by atoms with Crippen LogP contribution in [0, 0.1) is 0 Å². The molecule has 0 saturated carbocycles. The number of amides is 1. The third kappa shape index (κ3) is 11.3. The van der Waals surface area contributed by atoms with Gasteiger partial charge in [0, 0.05) is 19.3 Å². The molecule has 3 rings (SSSR count). The minimum atomic E-state index is -0.812. The lowest BCUT2D eigenvalue weighted by atomic mass is 9.88. The van der Waals surface area contributed by atoms with Gasteiger partial charge >= 0.3 is 0 Å². The Hall–Kier alpha value is -2.54. The maximum atomic E-state index is 12.5. The summed E-state index contributed by atoms with van der Waals surface area (Å²) in [7, 11) is 0. The number of carbonyl (C=O) groups excluding carboxylic acids is 1. The molecule has 0 aliphatic carbocycles. The van der Waals surface area contributed by atoms with Crippen LogP contribution in [0.1, 0.15) is 108 Å². The van der Waals surface area contributed by atoms with Crippen LogP contribution in [0.15, 0.2) is 72.8 Å². The summed E-state index contributed by atoms with van der Waals surface area (Å²) < 4.78 is 18.3. The zero-order valence-corrected chi connectivity index (χ0v) is 25.9. The van der Waals surface area contributed by atoms with Crippen molar-refractivity contribution in [2.75, 3.05) is 13.2 Å². The van der Waals surface area contributed by atoms with E-state index in [9.17, 15) is 4.79 Å². The van der Waals surface area contributed by atoms with Crippen molar-refractivity contribution in [3.63, 3.8) is 0 Å². The van der Waals surface area contributed by atoms with Gasteiger partial charge in [-0.25, -0.2) is 0 Å².